The summed E-state index contributed by atoms with van der Waals surface area (Å²) in [5.41, 5.74) is 1.59. The smallest absolute Gasteiger partial charge is 0.408 e. The molecule has 2 aromatic carbocycles. The Balaban J connectivity index is 2.02. The Bertz CT molecular complexity index is 1230. The third-order valence-corrected chi connectivity index (χ3v) is 7.01. The number of carbonyl (C=O) groups excluding carboxylic acids is 4. The first-order valence-corrected chi connectivity index (χ1v) is 14.9. The Morgan fingerprint density at radius 1 is 0.860 bits per heavy atom. The van der Waals surface area contributed by atoms with E-state index in [1.165, 1.54) is 0 Å². The first-order valence-electron chi connectivity index (χ1n) is 13.9. The van der Waals surface area contributed by atoms with E-state index in [1.54, 1.807) is 30.3 Å². The van der Waals surface area contributed by atoms with Crippen molar-refractivity contribution in [1.82, 2.24) is 21.3 Å². The molecule has 0 bridgehead atoms. The van der Waals surface area contributed by atoms with Gasteiger partial charge in [0.15, 0.2) is 0 Å². The molecule has 2 aromatic rings. The van der Waals surface area contributed by atoms with Gasteiger partial charge in [-0.05, 0) is 42.4 Å². The highest BCUT2D eigenvalue weighted by atomic mass is 35.5. The van der Waals surface area contributed by atoms with E-state index in [0.29, 0.717) is 11.4 Å². The van der Waals surface area contributed by atoms with Crippen LogP contribution >= 0.6 is 24.2 Å². The van der Waals surface area contributed by atoms with E-state index in [2.05, 4.69) is 33.9 Å². The van der Waals surface area contributed by atoms with Gasteiger partial charge in [-0.25, -0.2) is 4.79 Å². The van der Waals surface area contributed by atoms with Gasteiger partial charge in [-0.1, -0.05) is 74.0 Å². The van der Waals surface area contributed by atoms with Gasteiger partial charge in [-0.2, -0.15) is 12.6 Å². The van der Waals surface area contributed by atoms with Gasteiger partial charge in [-0.3, -0.25) is 19.2 Å². The topological polar surface area (TPSA) is 163 Å². The average Bonchev–Trinajstić information content (AvgIpc) is 2.97. The molecule has 13 heteroatoms. The minimum Gasteiger partial charge on any atom is -0.481 e. The summed E-state index contributed by atoms with van der Waals surface area (Å²) >= 11 is 10.4. The van der Waals surface area contributed by atoms with E-state index in [-0.39, 0.29) is 37.7 Å². The van der Waals surface area contributed by atoms with Crippen LogP contribution in [-0.4, -0.2) is 65.3 Å². The van der Waals surface area contributed by atoms with Crippen molar-refractivity contribution in [3.63, 3.8) is 0 Å². The van der Waals surface area contributed by atoms with E-state index >= 15 is 0 Å². The van der Waals surface area contributed by atoms with Crippen molar-refractivity contribution in [3.8, 4) is 0 Å². The number of aliphatic carboxylic acids is 1. The van der Waals surface area contributed by atoms with Crippen LogP contribution in [0.2, 0.25) is 5.02 Å². The Morgan fingerprint density at radius 3 is 2.12 bits per heavy atom. The lowest BCUT2D eigenvalue weighted by atomic mass is 10.0. The molecule has 2 rings (SSSR count). The van der Waals surface area contributed by atoms with Crippen LogP contribution < -0.4 is 21.3 Å². The number of carboxylic acids is 1. The van der Waals surface area contributed by atoms with Gasteiger partial charge in [0.05, 0.1) is 0 Å². The van der Waals surface area contributed by atoms with E-state index in [4.69, 9.17) is 21.4 Å². The monoisotopic (exact) mass is 634 g/mol. The van der Waals surface area contributed by atoms with Crippen LogP contribution in [0.3, 0.4) is 0 Å². The minimum atomic E-state index is -1.28. The number of halogens is 1. The molecule has 0 saturated carbocycles. The summed E-state index contributed by atoms with van der Waals surface area (Å²) < 4.78 is 5.18. The van der Waals surface area contributed by atoms with Crippen LogP contribution in [0.5, 0.6) is 0 Å². The second-order valence-electron chi connectivity index (χ2n) is 10.3. The van der Waals surface area contributed by atoms with Crippen molar-refractivity contribution < 1.29 is 33.8 Å². The van der Waals surface area contributed by atoms with E-state index in [9.17, 15) is 24.0 Å². The van der Waals surface area contributed by atoms with Gasteiger partial charge < -0.3 is 31.1 Å². The van der Waals surface area contributed by atoms with Gasteiger partial charge >= 0.3 is 12.1 Å². The molecule has 5 N–H and O–H groups in total. The number of amides is 4. The highest BCUT2D eigenvalue weighted by Crippen LogP contribution is 2.15. The average molecular weight is 635 g/mol. The van der Waals surface area contributed by atoms with E-state index in [1.807, 2.05) is 38.1 Å². The van der Waals surface area contributed by atoms with Gasteiger partial charge in [-0.15, -0.1) is 0 Å². The molecule has 0 fully saturated rings. The molecule has 0 aliphatic rings. The third kappa shape index (κ3) is 13.4. The number of carbonyl (C=O) groups is 5. The van der Waals surface area contributed by atoms with Gasteiger partial charge in [0.1, 0.15) is 24.7 Å². The lowest BCUT2D eigenvalue weighted by Gasteiger charge is -2.25. The number of thiol groups is 1. The van der Waals surface area contributed by atoms with Crippen molar-refractivity contribution >= 4 is 54.0 Å². The molecule has 0 aliphatic carbocycles. The molecule has 234 valence electrons. The highest BCUT2D eigenvalue weighted by Gasteiger charge is 2.30. The molecule has 0 heterocycles. The molecule has 0 spiro atoms. The normalized spacial score (nSPS) is 12.9. The minimum absolute atomic E-state index is 0.00204. The molecule has 0 aromatic heterocycles. The van der Waals surface area contributed by atoms with E-state index in [0.717, 1.165) is 11.1 Å². The second-order valence-corrected chi connectivity index (χ2v) is 11.0. The summed E-state index contributed by atoms with van der Waals surface area (Å²) in [4.78, 5) is 62.8. The molecule has 0 unspecified atom stereocenters. The van der Waals surface area contributed by atoms with Gasteiger partial charge in [0.25, 0.3) is 0 Å². The molecule has 4 amide bonds. The lowest BCUT2D eigenvalue weighted by Crippen LogP contribution is -2.57. The zero-order chi connectivity index (χ0) is 31.8. The van der Waals surface area contributed by atoms with Crippen molar-refractivity contribution in [1.29, 1.82) is 0 Å². The number of ether oxygens (including phenoxy) is 1. The van der Waals surface area contributed by atoms with Crippen LogP contribution in [0.25, 0.3) is 0 Å². The number of hydrogen-bond acceptors (Lipinski definition) is 7. The van der Waals surface area contributed by atoms with Crippen molar-refractivity contribution in [2.45, 2.75) is 64.3 Å². The highest BCUT2D eigenvalue weighted by molar-refractivity contribution is 7.80. The van der Waals surface area contributed by atoms with Crippen LogP contribution in [0.4, 0.5) is 4.79 Å². The van der Waals surface area contributed by atoms with Gasteiger partial charge in [0.2, 0.25) is 17.7 Å². The molecule has 43 heavy (non-hydrogen) atoms. The van der Waals surface area contributed by atoms with Crippen molar-refractivity contribution in [3.05, 3.63) is 70.7 Å². The maximum absolute atomic E-state index is 13.2. The summed E-state index contributed by atoms with van der Waals surface area (Å²) in [5, 5.41) is 20.1. The summed E-state index contributed by atoms with van der Waals surface area (Å²) in [6, 6.07) is 12.8. The number of nitrogens with one attached hydrogen (secondary N) is 4. The first-order chi connectivity index (χ1) is 20.5. The lowest BCUT2D eigenvalue weighted by molar-refractivity contribution is -0.137. The fraction of sp³-hybridized carbons (Fsp3) is 0.433. The number of rotatable bonds is 17. The summed E-state index contributed by atoms with van der Waals surface area (Å²) in [5.74, 6) is -3.02. The van der Waals surface area contributed by atoms with Gasteiger partial charge in [0, 0.05) is 23.7 Å². The number of alkyl carbamates (subject to hydrolysis) is 1. The zero-order valence-corrected chi connectivity index (χ0v) is 25.8. The summed E-state index contributed by atoms with van der Waals surface area (Å²) in [6.07, 6.45) is -0.847. The number of carboxylic acid groups (broad SMARTS) is 1. The fourth-order valence-corrected chi connectivity index (χ4v) is 4.52. The third-order valence-electron chi connectivity index (χ3n) is 6.28. The van der Waals surface area contributed by atoms with Crippen LogP contribution in [0, 0.1) is 5.92 Å². The van der Waals surface area contributed by atoms with E-state index < -0.39 is 54.3 Å². The SMILES string of the molecule is CC(C)C[C@H](NC(=O)[C@H](CCC(=O)O)NC(=O)OCc1ccccc1)C(=O)N[C@@H](CS)C(=O)NCCc1ccccc1Cl. The van der Waals surface area contributed by atoms with Crippen molar-refractivity contribution in [2.24, 2.45) is 5.92 Å². The van der Waals surface area contributed by atoms with Crippen LogP contribution in [0.15, 0.2) is 54.6 Å². The first kappa shape index (κ1) is 35.4. The zero-order valence-electron chi connectivity index (χ0n) is 24.2. The number of benzene rings is 2. The van der Waals surface area contributed by atoms with Crippen molar-refractivity contribution in [2.75, 3.05) is 12.3 Å². The number of hydrogen-bond donors (Lipinski definition) is 6. The Kier molecular flexibility index (Phi) is 15.4. The molecular weight excluding hydrogens is 596 g/mol. The predicted octanol–water partition coefficient (Wildman–Crippen LogP) is 3.10. The molecule has 0 aliphatic heterocycles. The quantitative estimate of drug-likeness (QED) is 0.146. The second kappa shape index (κ2) is 18.7. The Morgan fingerprint density at radius 2 is 1.49 bits per heavy atom. The van der Waals surface area contributed by atoms with Crippen LogP contribution in [0.1, 0.15) is 44.2 Å². The Hall–Kier alpha value is -3.77. The predicted molar refractivity (Wildman–Crippen MR) is 166 cm³/mol. The standard InChI is InChI=1S/C30H39ClN4O7S/c1-19(2)16-24(29(40)34-25(18-43)27(38)32-15-14-21-10-6-7-11-22(21)31)33-28(39)23(12-13-26(36)37)35-30(41)42-17-20-8-4-3-5-9-20/h3-11,19,23-25,43H,12-18H2,1-2H3,(H,32,38)(H,33,39)(H,34,40)(H,35,41)(H,36,37)/t23-,24-,25-/m0/s1. The molecule has 0 saturated heterocycles. The molecule has 0 radical (unpaired) electrons. The molecule has 11 nitrogen and oxygen atoms in total. The summed E-state index contributed by atoms with van der Waals surface area (Å²) in [7, 11) is 0. The molecular formula is C30H39ClN4O7S. The van der Waals surface area contributed by atoms with Crippen LogP contribution in [-0.2, 0) is 36.9 Å². The largest absolute Gasteiger partial charge is 0.481 e. The summed E-state index contributed by atoms with van der Waals surface area (Å²) in [6.45, 7) is 3.94. The fourth-order valence-electron chi connectivity index (χ4n) is 4.03. The maximum Gasteiger partial charge on any atom is 0.408 e. The maximum atomic E-state index is 13.2. The molecule has 3 atom stereocenters. The Labute approximate surface area is 261 Å².